The lowest BCUT2D eigenvalue weighted by Crippen LogP contribution is -2.29. The van der Waals surface area contributed by atoms with Gasteiger partial charge in [-0.3, -0.25) is 18.6 Å². The fourth-order valence-corrected chi connectivity index (χ4v) is 6.22. The highest BCUT2D eigenvalue weighted by Gasteiger charge is 2.26. The Hall–Kier alpha value is -3.59. The van der Waals surface area contributed by atoms with Gasteiger partial charge in [0, 0.05) is 19.4 Å². The molecule has 0 aliphatic carbocycles. The van der Waals surface area contributed by atoms with E-state index in [0.29, 0.717) is 12.8 Å². The first-order valence-electron chi connectivity index (χ1n) is 23.0. The van der Waals surface area contributed by atoms with Crippen molar-refractivity contribution in [3.63, 3.8) is 0 Å². The van der Waals surface area contributed by atoms with Crippen LogP contribution in [-0.4, -0.2) is 49.3 Å². The second-order valence-corrected chi connectivity index (χ2v) is 16.0. The van der Waals surface area contributed by atoms with Gasteiger partial charge in [-0.25, -0.2) is 4.57 Å². The fraction of sp³-hybridized carbons (Fsp3) is 0.569. The summed E-state index contributed by atoms with van der Waals surface area (Å²) in [6.45, 7) is 3.45. The quantitative estimate of drug-likeness (QED) is 0.0266. The number of unbranched alkanes of at least 4 members (excludes halogenated alkanes) is 8. The van der Waals surface area contributed by atoms with E-state index in [1.54, 1.807) is 0 Å². The predicted molar refractivity (Wildman–Crippen MR) is 256 cm³/mol. The van der Waals surface area contributed by atoms with E-state index in [1.807, 2.05) is 0 Å². The highest BCUT2D eigenvalue weighted by atomic mass is 31.2. The summed E-state index contributed by atoms with van der Waals surface area (Å²) in [7, 11) is -4.40. The van der Waals surface area contributed by atoms with E-state index < -0.39 is 32.5 Å². The van der Waals surface area contributed by atoms with Crippen LogP contribution in [0.15, 0.2) is 122 Å². The van der Waals surface area contributed by atoms with Crippen LogP contribution in [0.2, 0.25) is 0 Å². The van der Waals surface area contributed by atoms with Crippen molar-refractivity contribution >= 4 is 19.8 Å². The van der Waals surface area contributed by atoms with Gasteiger partial charge in [0.05, 0.1) is 13.2 Å². The average Bonchev–Trinajstić information content (AvgIpc) is 3.25. The van der Waals surface area contributed by atoms with E-state index in [9.17, 15) is 19.0 Å². The van der Waals surface area contributed by atoms with E-state index >= 15 is 0 Å². The summed E-state index contributed by atoms with van der Waals surface area (Å²) >= 11 is 0. The molecule has 61 heavy (non-hydrogen) atoms. The summed E-state index contributed by atoms with van der Waals surface area (Å²) in [6, 6.07) is 0. The van der Waals surface area contributed by atoms with Crippen molar-refractivity contribution in [1.82, 2.24) is 0 Å². The molecular weight excluding hydrogens is 786 g/mol. The van der Waals surface area contributed by atoms with Gasteiger partial charge >= 0.3 is 19.8 Å². The van der Waals surface area contributed by atoms with Gasteiger partial charge in [0.2, 0.25) is 0 Å². The van der Waals surface area contributed by atoms with Gasteiger partial charge in [-0.05, 0) is 103 Å². The number of esters is 2. The second kappa shape index (κ2) is 45.9. The van der Waals surface area contributed by atoms with Gasteiger partial charge in [0.15, 0.2) is 6.10 Å². The van der Waals surface area contributed by atoms with Crippen molar-refractivity contribution < 1.29 is 37.6 Å². The number of phosphoric ester groups is 1. The zero-order chi connectivity index (χ0) is 44.6. The van der Waals surface area contributed by atoms with Crippen molar-refractivity contribution in [2.24, 2.45) is 5.73 Å². The maximum absolute atomic E-state index is 12.6. The lowest BCUT2D eigenvalue weighted by molar-refractivity contribution is -0.161. The normalized spacial score (nSPS) is 14.4. The highest BCUT2D eigenvalue weighted by Crippen LogP contribution is 2.43. The summed E-state index contributed by atoms with van der Waals surface area (Å²) < 4.78 is 32.7. The Bertz CT molecular complexity index is 1400. The standard InChI is InChI=1S/C51H82NO8P/c1-3-5-7-9-11-13-15-17-18-19-20-21-22-23-24-25-26-27-28-29-30-32-34-36-38-40-42-44-51(54)60-49(48-59-61(55,56)58-46-45-52)47-57-50(53)43-41-39-37-35-33-31-16-14-12-10-8-6-4-2/h5,7-8,10-11,13-14,16-18,20-21,23-24,26-27,29-30,34,36,49H,3-4,6,9,12,15,19,22,25,28,31-33,35,37-48,52H2,1-2H3,(H,55,56)/b7-5-,10-8-,13-11-,16-14-,18-17-,21-20-,24-23-,27-26-,30-29-,36-34-. The minimum Gasteiger partial charge on any atom is -0.462 e. The van der Waals surface area contributed by atoms with Crippen molar-refractivity contribution in [2.45, 2.75) is 161 Å². The maximum atomic E-state index is 12.6. The maximum Gasteiger partial charge on any atom is 0.472 e. The Morgan fingerprint density at radius 1 is 0.508 bits per heavy atom. The number of nitrogens with two attached hydrogens (primary N) is 1. The van der Waals surface area contributed by atoms with Crippen molar-refractivity contribution in [2.75, 3.05) is 26.4 Å². The van der Waals surface area contributed by atoms with Crippen LogP contribution in [0.1, 0.15) is 155 Å². The Balaban J connectivity index is 4.24. The third-order valence-electron chi connectivity index (χ3n) is 8.81. The van der Waals surface area contributed by atoms with Gasteiger partial charge < -0.3 is 20.1 Å². The first-order chi connectivity index (χ1) is 29.8. The predicted octanol–water partition coefficient (Wildman–Crippen LogP) is 13.7. The number of phosphoric acid groups is 1. The summed E-state index contributed by atoms with van der Waals surface area (Å²) in [5.41, 5.74) is 5.35. The van der Waals surface area contributed by atoms with Crippen LogP contribution in [0.5, 0.6) is 0 Å². The number of ether oxygens (including phenoxy) is 2. The molecule has 0 radical (unpaired) electrons. The van der Waals surface area contributed by atoms with E-state index in [4.69, 9.17) is 24.3 Å². The topological polar surface area (TPSA) is 134 Å². The smallest absolute Gasteiger partial charge is 0.462 e. The Labute approximate surface area is 371 Å². The number of rotatable bonds is 41. The summed E-state index contributed by atoms with van der Waals surface area (Å²) in [5.74, 6) is -0.911. The molecule has 0 heterocycles. The molecule has 3 N–H and O–H groups in total. The van der Waals surface area contributed by atoms with Crippen LogP contribution in [0, 0.1) is 0 Å². The summed E-state index contributed by atoms with van der Waals surface area (Å²) in [4.78, 5) is 34.9. The van der Waals surface area contributed by atoms with E-state index in [2.05, 4.69) is 135 Å². The van der Waals surface area contributed by atoms with Crippen LogP contribution < -0.4 is 5.73 Å². The van der Waals surface area contributed by atoms with E-state index in [0.717, 1.165) is 109 Å². The molecule has 9 nitrogen and oxygen atoms in total. The molecule has 10 heteroatoms. The van der Waals surface area contributed by atoms with Gasteiger partial charge in [-0.15, -0.1) is 0 Å². The number of hydrogen-bond acceptors (Lipinski definition) is 8. The lowest BCUT2D eigenvalue weighted by Gasteiger charge is -2.19. The first-order valence-corrected chi connectivity index (χ1v) is 24.5. The third-order valence-corrected chi connectivity index (χ3v) is 9.80. The molecule has 0 saturated heterocycles. The number of carbonyl (C=O) groups excluding carboxylic acids is 2. The van der Waals surface area contributed by atoms with Gasteiger partial charge in [-0.2, -0.15) is 0 Å². The van der Waals surface area contributed by atoms with E-state index in [1.165, 1.54) is 6.42 Å². The molecule has 0 aliphatic heterocycles. The average molecular weight is 868 g/mol. The van der Waals surface area contributed by atoms with Crippen LogP contribution in [0.3, 0.4) is 0 Å². The zero-order valence-electron chi connectivity index (χ0n) is 37.8. The summed E-state index contributed by atoms with van der Waals surface area (Å²) in [6.07, 6.45) is 62.4. The van der Waals surface area contributed by atoms with Gasteiger partial charge in [0.25, 0.3) is 0 Å². The molecule has 344 valence electrons. The monoisotopic (exact) mass is 868 g/mol. The van der Waals surface area contributed by atoms with Crippen molar-refractivity contribution in [3.05, 3.63) is 122 Å². The van der Waals surface area contributed by atoms with Gasteiger partial charge in [0.1, 0.15) is 6.61 Å². The molecule has 0 aromatic rings. The second-order valence-electron chi connectivity index (χ2n) is 14.5. The van der Waals surface area contributed by atoms with Crippen LogP contribution in [0.25, 0.3) is 0 Å². The number of allylic oxidation sites excluding steroid dienone is 20. The third kappa shape index (κ3) is 45.8. The molecule has 0 rings (SSSR count). The number of carbonyl (C=O) groups is 2. The minimum absolute atomic E-state index is 0.0367. The molecule has 2 atom stereocenters. The zero-order valence-corrected chi connectivity index (χ0v) is 38.7. The van der Waals surface area contributed by atoms with E-state index in [-0.39, 0.29) is 32.6 Å². The van der Waals surface area contributed by atoms with Crippen molar-refractivity contribution in [3.8, 4) is 0 Å². The first kappa shape index (κ1) is 57.4. The Morgan fingerprint density at radius 3 is 1.38 bits per heavy atom. The molecule has 2 unspecified atom stereocenters. The SMILES string of the molecule is CC/C=C\C/C=C\C/C=C\C/C=C\C/C=C\C/C=C\C/C=C\C/C=C\CCCCC(=O)OC(COC(=O)CCCCCCC/C=C\C/C=C\CCC)COP(=O)(O)OCCN. The fourth-order valence-electron chi connectivity index (χ4n) is 5.45. The molecule has 0 aromatic carbocycles. The molecule has 0 aromatic heterocycles. The molecule has 0 amide bonds. The lowest BCUT2D eigenvalue weighted by atomic mass is 10.1. The summed E-state index contributed by atoms with van der Waals surface area (Å²) in [5, 5.41) is 0. The number of hydrogen-bond donors (Lipinski definition) is 2. The van der Waals surface area contributed by atoms with Crippen molar-refractivity contribution in [1.29, 1.82) is 0 Å². The largest absolute Gasteiger partial charge is 0.472 e. The minimum atomic E-state index is -4.40. The molecule has 0 saturated carbocycles. The molecular formula is C51H82NO8P. The molecule has 0 bridgehead atoms. The van der Waals surface area contributed by atoms with Crippen LogP contribution in [0.4, 0.5) is 0 Å². The molecule has 0 fully saturated rings. The molecule has 0 spiro atoms. The highest BCUT2D eigenvalue weighted by molar-refractivity contribution is 7.47. The van der Waals surface area contributed by atoms with Crippen LogP contribution >= 0.6 is 7.82 Å². The Morgan fingerprint density at radius 2 is 0.902 bits per heavy atom. The molecule has 0 aliphatic rings. The Kier molecular flexibility index (Phi) is 43.2. The van der Waals surface area contributed by atoms with Crippen LogP contribution in [-0.2, 0) is 32.7 Å². The van der Waals surface area contributed by atoms with Gasteiger partial charge in [-0.1, -0.05) is 161 Å².